The predicted molar refractivity (Wildman–Crippen MR) is 106 cm³/mol. The van der Waals surface area contributed by atoms with E-state index in [0.717, 1.165) is 22.4 Å². The maximum Gasteiger partial charge on any atom is 0.338 e. The average molecular weight is 424 g/mol. The van der Waals surface area contributed by atoms with Gasteiger partial charge in [-0.05, 0) is 25.5 Å². The van der Waals surface area contributed by atoms with Crippen LogP contribution in [0.15, 0.2) is 38.4 Å². The van der Waals surface area contributed by atoms with Crippen LogP contribution in [-0.2, 0) is 9.53 Å². The van der Waals surface area contributed by atoms with E-state index < -0.39 is 18.0 Å². The van der Waals surface area contributed by atoms with Crippen molar-refractivity contribution in [2.24, 2.45) is 0 Å². The summed E-state index contributed by atoms with van der Waals surface area (Å²) in [4.78, 5) is 24.7. The third-order valence-corrected chi connectivity index (χ3v) is 5.79. The number of nitrogens with zero attached hydrogens (tertiary/aromatic N) is 2. The standard InChI is InChI=1S/C17H21N5O4S2/c1-3-7-18-16-21-22-17(28-16)27-9-10-12(14(23)25-4-2)13(20-15(24)19-10)11-6-5-8-26-11/h5-6,8,13H,3-4,7,9H2,1-2H3,(H,18,21)(H2,19,20,24). The summed E-state index contributed by atoms with van der Waals surface area (Å²) in [5.41, 5.74) is 0.782. The number of urea groups is 1. The van der Waals surface area contributed by atoms with E-state index in [1.54, 1.807) is 19.1 Å². The number of nitrogens with one attached hydrogen (secondary N) is 3. The van der Waals surface area contributed by atoms with Crippen molar-refractivity contribution in [3.05, 3.63) is 35.4 Å². The van der Waals surface area contributed by atoms with Crippen LogP contribution < -0.4 is 16.0 Å². The van der Waals surface area contributed by atoms with Crippen molar-refractivity contribution in [3.8, 4) is 0 Å². The molecule has 1 atom stereocenters. The zero-order chi connectivity index (χ0) is 19.9. The summed E-state index contributed by atoms with van der Waals surface area (Å²) in [6, 6.07) is 2.28. The zero-order valence-electron chi connectivity index (χ0n) is 15.5. The van der Waals surface area contributed by atoms with Crippen LogP contribution in [0.3, 0.4) is 0 Å². The lowest BCUT2D eigenvalue weighted by Gasteiger charge is -2.27. The van der Waals surface area contributed by atoms with E-state index in [4.69, 9.17) is 9.15 Å². The lowest BCUT2D eigenvalue weighted by molar-refractivity contribution is -0.139. The Hall–Kier alpha value is -2.53. The number of ether oxygens (including phenoxy) is 1. The highest BCUT2D eigenvalue weighted by atomic mass is 32.2. The normalized spacial score (nSPS) is 16.5. The molecule has 150 valence electrons. The minimum Gasteiger partial charge on any atom is -0.467 e. The summed E-state index contributed by atoms with van der Waals surface area (Å²) < 4.78 is 11.3. The lowest BCUT2D eigenvalue weighted by Crippen LogP contribution is -2.46. The minimum absolute atomic E-state index is 0.227. The van der Waals surface area contributed by atoms with Crippen LogP contribution in [-0.4, -0.2) is 41.1 Å². The fourth-order valence-electron chi connectivity index (χ4n) is 2.56. The number of esters is 1. The molecule has 1 unspecified atom stereocenters. The first-order valence-corrected chi connectivity index (χ1v) is 10.6. The van der Waals surface area contributed by atoms with E-state index in [2.05, 4.69) is 33.1 Å². The first kappa shape index (κ1) is 20.2. The molecule has 1 aliphatic rings. The SMILES string of the molecule is CCCNc1nnc(SCC2=C(C(=O)OCC)C(c3ccco3)NC(=O)N2)s1. The molecule has 0 fully saturated rings. The van der Waals surface area contributed by atoms with E-state index in [0.29, 0.717) is 22.8 Å². The Bertz CT molecular complexity index is 850. The van der Waals surface area contributed by atoms with Crippen molar-refractivity contribution < 1.29 is 18.7 Å². The highest BCUT2D eigenvalue weighted by Gasteiger charge is 2.35. The second-order valence-corrected chi connectivity index (χ2v) is 7.95. The second kappa shape index (κ2) is 9.60. The van der Waals surface area contributed by atoms with Crippen molar-refractivity contribution in [2.75, 3.05) is 24.2 Å². The van der Waals surface area contributed by atoms with Gasteiger partial charge in [0, 0.05) is 18.0 Å². The number of anilines is 1. The van der Waals surface area contributed by atoms with Gasteiger partial charge in [-0.2, -0.15) is 0 Å². The number of rotatable bonds is 9. The van der Waals surface area contributed by atoms with Gasteiger partial charge in [0.2, 0.25) is 5.13 Å². The molecule has 28 heavy (non-hydrogen) atoms. The highest BCUT2D eigenvalue weighted by molar-refractivity contribution is 8.01. The van der Waals surface area contributed by atoms with Gasteiger partial charge in [0.15, 0.2) is 4.34 Å². The van der Waals surface area contributed by atoms with Crippen LogP contribution in [0.25, 0.3) is 0 Å². The molecular formula is C17H21N5O4S2. The Kier molecular flexibility index (Phi) is 6.93. The highest BCUT2D eigenvalue weighted by Crippen LogP contribution is 2.32. The van der Waals surface area contributed by atoms with Gasteiger partial charge in [-0.1, -0.05) is 30.0 Å². The number of hydrogen-bond acceptors (Lipinski definition) is 9. The van der Waals surface area contributed by atoms with E-state index in [-0.39, 0.29) is 6.61 Å². The molecule has 0 bridgehead atoms. The van der Waals surface area contributed by atoms with Gasteiger partial charge >= 0.3 is 12.0 Å². The molecule has 11 heteroatoms. The van der Waals surface area contributed by atoms with Crippen LogP contribution >= 0.6 is 23.1 Å². The molecule has 1 aliphatic heterocycles. The summed E-state index contributed by atoms with van der Waals surface area (Å²) in [5.74, 6) is 0.290. The molecule has 0 aliphatic carbocycles. The Labute approximate surface area is 170 Å². The molecule has 2 aromatic rings. The number of thioether (sulfide) groups is 1. The molecule has 9 nitrogen and oxygen atoms in total. The minimum atomic E-state index is -0.713. The third kappa shape index (κ3) is 4.84. The summed E-state index contributed by atoms with van der Waals surface area (Å²) in [5, 5.41) is 17.6. The van der Waals surface area contributed by atoms with Gasteiger partial charge in [0.1, 0.15) is 11.8 Å². The maximum absolute atomic E-state index is 12.6. The summed E-state index contributed by atoms with van der Waals surface area (Å²) in [6.07, 6.45) is 2.48. The molecular weight excluding hydrogens is 402 g/mol. The van der Waals surface area contributed by atoms with Crippen molar-refractivity contribution in [2.45, 2.75) is 30.6 Å². The number of carbonyl (C=O) groups excluding carboxylic acids is 2. The van der Waals surface area contributed by atoms with Gasteiger partial charge in [0.05, 0.1) is 18.4 Å². The Morgan fingerprint density at radius 2 is 2.29 bits per heavy atom. The molecule has 2 aromatic heterocycles. The number of hydrogen-bond donors (Lipinski definition) is 3. The quantitative estimate of drug-likeness (QED) is 0.416. The molecule has 0 aromatic carbocycles. The van der Waals surface area contributed by atoms with E-state index in [1.807, 2.05) is 0 Å². The predicted octanol–water partition coefficient (Wildman–Crippen LogP) is 2.92. The van der Waals surface area contributed by atoms with Crippen LogP contribution in [0.4, 0.5) is 9.93 Å². The number of furan rings is 1. The Morgan fingerprint density at radius 1 is 1.43 bits per heavy atom. The van der Waals surface area contributed by atoms with E-state index in [1.165, 1.54) is 29.4 Å². The third-order valence-electron chi connectivity index (χ3n) is 3.75. The monoisotopic (exact) mass is 423 g/mol. The largest absolute Gasteiger partial charge is 0.467 e. The molecule has 0 spiro atoms. The lowest BCUT2D eigenvalue weighted by atomic mass is 10.0. The van der Waals surface area contributed by atoms with Gasteiger partial charge in [0.25, 0.3) is 0 Å². The smallest absolute Gasteiger partial charge is 0.338 e. The molecule has 3 rings (SSSR count). The van der Waals surface area contributed by atoms with E-state index in [9.17, 15) is 9.59 Å². The van der Waals surface area contributed by atoms with Gasteiger partial charge in [-0.3, -0.25) is 0 Å². The van der Waals surface area contributed by atoms with Crippen LogP contribution in [0, 0.1) is 0 Å². The summed E-state index contributed by atoms with van der Waals surface area (Å²) in [6.45, 7) is 4.85. The maximum atomic E-state index is 12.6. The zero-order valence-corrected chi connectivity index (χ0v) is 17.1. The molecule has 0 saturated carbocycles. The molecule has 0 saturated heterocycles. The Morgan fingerprint density at radius 3 is 3.00 bits per heavy atom. The van der Waals surface area contributed by atoms with Crippen molar-refractivity contribution in [3.63, 3.8) is 0 Å². The van der Waals surface area contributed by atoms with Crippen molar-refractivity contribution in [1.29, 1.82) is 0 Å². The van der Waals surface area contributed by atoms with Crippen LogP contribution in [0.1, 0.15) is 32.1 Å². The molecule has 3 N–H and O–H groups in total. The van der Waals surface area contributed by atoms with Crippen molar-refractivity contribution in [1.82, 2.24) is 20.8 Å². The van der Waals surface area contributed by atoms with Crippen molar-refractivity contribution >= 4 is 40.2 Å². The first-order chi connectivity index (χ1) is 13.6. The fourth-order valence-corrected chi connectivity index (χ4v) is 4.30. The van der Waals surface area contributed by atoms with Gasteiger partial charge in [-0.25, -0.2) is 9.59 Å². The van der Waals surface area contributed by atoms with Gasteiger partial charge < -0.3 is 25.1 Å². The average Bonchev–Trinajstić information content (AvgIpc) is 3.36. The molecule has 0 radical (unpaired) electrons. The summed E-state index contributed by atoms with van der Waals surface area (Å²) in [7, 11) is 0. The molecule has 3 heterocycles. The van der Waals surface area contributed by atoms with Gasteiger partial charge in [-0.15, -0.1) is 10.2 Å². The van der Waals surface area contributed by atoms with E-state index >= 15 is 0 Å². The number of carbonyl (C=O) groups is 2. The summed E-state index contributed by atoms with van der Waals surface area (Å²) >= 11 is 2.81. The topological polar surface area (TPSA) is 118 Å². The Balaban J connectivity index is 1.82. The fraction of sp³-hybridized carbons (Fsp3) is 0.412. The van der Waals surface area contributed by atoms with Crippen LogP contribution in [0.5, 0.6) is 0 Å². The first-order valence-electron chi connectivity index (χ1n) is 8.83. The second-order valence-electron chi connectivity index (χ2n) is 5.75. The van der Waals surface area contributed by atoms with Crippen LogP contribution in [0.2, 0.25) is 0 Å². The molecule has 2 amide bonds. The number of aromatic nitrogens is 2. The number of amides is 2.